The Kier molecular flexibility index (Phi) is 4.25. The molecule has 2 rings (SSSR count). The third-order valence-electron chi connectivity index (χ3n) is 3.31. The van der Waals surface area contributed by atoms with Crippen molar-refractivity contribution < 1.29 is 14.8 Å². The van der Waals surface area contributed by atoms with Crippen LogP contribution in [0.1, 0.15) is 23.2 Å². The molecule has 6 nitrogen and oxygen atoms in total. The van der Waals surface area contributed by atoms with Crippen molar-refractivity contribution in [1.29, 1.82) is 0 Å². The minimum absolute atomic E-state index is 0.138. The summed E-state index contributed by atoms with van der Waals surface area (Å²) in [7, 11) is 1.56. The molecule has 108 valence electrons. The molecule has 20 heavy (non-hydrogen) atoms. The van der Waals surface area contributed by atoms with Crippen LogP contribution < -0.4 is 0 Å². The number of rotatable bonds is 5. The highest BCUT2D eigenvalue weighted by Crippen LogP contribution is 2.33. The van der Waals surface area contributed by atoms with Crippen molar-refractivity contribution in [3.05, 3.63) is 38.9 Å². The van der Waals surface area contributed by atoms with E-state index in [0.29, 0.717) is 0 Å². The Hall–Kier alpha value is -1.66. The zero-order chi connectivity index (χ0) is 14.9. The van der Waals surface area contributed by atoms with Crippen LogP contribution >= 0.6 is 11.6 Å². The number of benzene rings is 1. The molecule has 1 amide bonds. The first kappa shape index (κ1) is 14.7. The lowest BCUT2D eigenvalue weighted by atomic mass is 10.1. The summed E-state index contributed by atoms with van der Waals surface area (Å²) < 4.78 is 0. The van der Waals surface area contributed by atoms with Crippen LogP contribution in [0.15, 0.2) is 18.2 Å². The van der Waals surface area contributed by atoms with Gasteiger partial charge in [0.1, 0.15) is 0 Å². The number of carbonyl (C=O) groups is 1. The molecule has 1 aliphatic rings. The molecule has 7 heteroatoms. The van der Waals surface area contributed by atoms with Gasteiger partial charge in [0.15, 0.2) is 0 Å². The summed E-state index contributed by atoms with van der Waals surface area (Å²) in [6, 6.07) is 3.77. The Labute approximate surface area is 121 Å². The summed E-state index contributed by atoms with van der Waals surface area (Å²) in [4.78, 5) is 23.7. The number of non-ortho nitro benzene ring substituents is 1. The van der Waals surface area contributed by atoms with Gasteiger partial charge in [0, 0.05) is 36.3 Å². The number of hydrogen-bond donors (Lipinski definition) is 1. The number of nitro groups is 1. The van der Waals surface area contributed by atoms with Crippen molar-refractivity contribution in [1.82, 2.24) is 4.90 Å². The number of carbonyl (C=O) groups excluding carboxylic acids is 1. The van der Waals surface area contributed by atoms with Crippen LogP contribution in [0.25, 0.3) is 0 Å². The maximum atomic E-state index is 12.2. The van der Waals surface area contributed by atoms with Crippen LogP contribution in [-0.4, -0.2) is 40.5 Å². The van der Waals surface area contributed by atoms with Crippen LogP contribution in [-0.2, 0) is 0 Å². The number of hydrogen-bond acceptors (Lipinski definition) is 4. The number of aliphatic hydroxyl groups is 1. The maximum absolute atomic E-state index is 12.2. The number of aliphatic hydroxyl groups excluding tert-OH is 1. The quantitative estimate of drug-likeness (QED) is 0.666. The van der Waals surface area contributed by atoms with E-state index in [2.05, 4.69) is 0 Å². The molecule has 1 aromatic carbocycles. The Morgan fingerprint density at radius 3 is 2.75 bits per heavy atom. The standard InChI is InChI=1S/C13H15ClN2O4/c1-15(7-12(17)8-2-3-8)13(18)9-4-10(14)6-11(5-9)16(19)20/h4-6,8,12,17H,2-3,7H2,1H3. The monoisotopic (exact) mass is 298 g/mol. The van der Waals surface area contributed by atoms with Crippen molar-refractivity contribution >= 4 is 23.2 Å². The number of halogens is 1. The van der Waals surface area contributed by atoms with Crippen molar-refractivity contribution in [3.63, 3.8) is 0 Å². The van der Waals surface area contributed by atoms with E-state index in [1.807, 2.05) is 0 Å². The third-order valence-corrected chi connectivity index (χ3v) is 3.53. The van der Waals surface area contributed by atoms with Gasteiger partial charge in [-0.1, -0.05) is 11.6 Å². The first-order chi connectivity index (χ1) is 9.38. The van der Waals surface area contributed by atoms with Crippen molar-refractivity contribution in [2.75, 3.05) is 13.6 Å². The molecule has 1 saturated carbocycles. The molecule has 0 spiro atoms. The van der Waals surface area contributed by atoms with Crippen molar-refractivity contribution in [2.45, 2.75) is 18.9 Å². The second-order valence-corrected chi connectivity index (χ2v) is 5.48. The van der Waals surface area contributed by atoms with Gasteiger partial charge in [-0.2, -0.15) is 0 Å². The predicted octanol–water partition coefficient (Wildman–Crippen LogP) is 2.09. The largest absolute Gasteiger partial charge is 0.391 e. The Morgan fingerprint density at radius 2 is 2.20 bits per heavy atom. The summed E-state index contributed by atoms with van der Waals surface area (Å²) in [5.74, 6) is -0.130. The zero-order valence-electron chi connectivity index (χ0n) is 11.0. The molecule has 0 aliphatic heterocycles. The fraction of sp³-hybridized carbons (Fsp3) is 0.462. The summed E-state index contributed by atoms with van der Waals surface area (Å²) in [6.45, 7) is 0.212. The summed E-state index contributed by atoms with van der Waals surface area (Å²) in [6.07, 6.45) is 1.41. The number of nitrogens with zero attached hydrogens (tertiary/aromatic N) is 2. The summed E-state index contributed by atoms with van der Waals surface area (Å²) >= 11 is 5.78. The minimum atomic E-state index is -0.596. The van der Waals surface area contributed by atoms with Crippen LogP contribution in [0.5, 0.6) is 0 Å². The topological polar surface area (TPSA) is 83.7 Å². The lowest BCUT2D eigenvalue weighted by Crippen LogP contribution is -2.35. The number of nitro benzene ring substituents is 1. The molecular weight excluding hydrogens is 284 g/mol. The van der Waals surface area contributed by atoms with E-state index in [0.717, 1.165) is 12.8 Å². The average molecular weight is 299 g/mol. The van der Waals surface area contributed by atoms with Gasteiger partial charge in [0.2, 0.25) is 0 Å². The molecule has 1 fully saturated rings. The van der Waals surface area contributed by atoms with E-state index >= 15 is 0 Å². The Balaban J connectivity index is 2.12. The average Bonchev–Trinajstić information content (AvgIpc) is 3.21. The van der Waals surface area contributed by atoms with E-state index in [-0.39, 0.29) is 28.7 Å². The normalized spacial score (nSPS) is 15.8. The van der Waals surface area contributed by atoms with Gasteiger partial charge in [-0.05, 0) is 24.8 Å². The SMILES string of the molecule is CN(CC(O)C1CC1)C(=O)c1cc(Cl)cc([N+](=O)[O-])c1. The van der Waals surface area contributed by atoms with E-state index in [4.69, 9.17) is 11.6 Å². The molecule has 0 radical (unpaired) electrons. The molecular formula is C13H15ClN2O4. The maximum Gasteiger partial charge on any atom is 0.271 e. The molecule has 1 atom stereocenters. The van der Waals surface area contributed by atoms with Crippen molar-refractivity contribution in [3.8, 4) is 0 Å². The molecule has 0 saturated heterocycles. The Bertz CT molecular complexity index is 545. The molecule has 1 N–H and O–H groups in total. The van der Waals surface area contributed by atoms with Crippen LogP contribution in [0.4, 0.5) is 5.69 Å². The Morgan fingerprint density at radius 1 is 1.55 bits per heavy atom. The van der Waals surface area contributed by atoms with E-state index in [9.17, 15) is 20.0 Å². The molecule has 0 aromatic heterocycles. The molecule has 1 unspecified atom stereocenters. The summed E-state index contributed by atoms with van der Waals surface area (Å²) in [5, 5.41) is 20.7. The van der Waals surface area contributed by atoms with Gasteiger partial charge in [-0.3, -0.25) is 14.9 Å². The lowest BCUT2D eigenvalue weighted by Gasteiger charge is -2.20. The second-order valence-electron chi connectivity index (χ2n) is 5.05. The lowest BCUT2D eigenvalue weighted by molar-refractivity contribution is -0.384. The number of likely N-dealkylation sites (N-methyl/N-ethyl adjacent to an activating group) is 1. The highest BCUT2D eigenvalue weighted by molar-refractivity contribution is 6.31. The van der Waals surface area contributed by atoms with Gasteiger partial charge < -0.3 is 10.0 Å². The first-order valence-electron chi connectivity index (χ1n) is 6.27. The third kappa shape index (κ3) is 3.46. The van der Waals surface area contributed by atoms with Crippen LogP contribution in [0.3, 0.4) is 0 Å². The zero-order valence-corrected chi connectivity index (χ0v) is 11.7. The van der Waals surface area contributed by atoms with Gasteiger partial charge >= 0.3 is 0 Å². The fourth-order valence-electron chi connectivity index (χ4n) is 2.02. The van der Waals surface area contributed by atoms with Gasteiger partial charge in [0.05, 0.1) is 11.0 Å². The highest BCUT2D eigenvalue weighted by Gasteiger charge is 2.31. The second kappa shape index (κ2) is 5.76. The molecule has 1 aromatic rings. The van der Waals surface area contributed by atoms with Crippen LogP contribution in [0.2, 0.25) is 5.02 Å². The van der Waals surface area contributed by atoms with E-state index in [1.54, 1.807) is 7.05 Å². The summed E-state index contributed by atoms with van der Waals surface area (Å²) in [5.41, 5.74) is -0.0771. The first-order valence-corrected chi connectivity index (χ1v) is 6.65. The van der Waals surface area contributed by atoms with E-state index in [1.165, 1.54) is 23.1 Å². The van der Waals surface area contributed by atoms with Crippen molar-refractivity contribution in [2.24, 2.45) is 5.92 Å². The smallest absolute Gasteiger partial charge is 0.271 e. The van der Waals surface area contributed by atoms with Gasteiger partial charge in [0.25, 0.3) is 11.6 Å². The van der Waals surface area contributed by atoms with Crippen LogP contribution in [0, 0.1) is 16.0 Å². The molecule has 0 heterocycles. The molecule has 0 bridgehead atoms. The molecule has 1 aliphatic carbocycles. The fourth-order valence-corrected chi connectivity index (χ4v) is 2.25. The van der Waals surface area contributed by atoms with Gasteiger partial charge in [-0.25, -0.2) is 0 Å². The number of amides is 1. The minimum Gasteiger partial charge on any atom is -0.391 e. The van der Waals surface area contributed by atoms with Gasteiger partial charge in [-0.15, -0.1) is 0 Å². The predicted molar refractivity (Wildman–Crippen MR) is 73.8 cm³/mol. The van der Waals surface area contributed by atoms with E-state index < -0.39 is 16.9 Å². The highest BCUT2D eigenvalue weighted by atomic mass is 35.5.